The molecule has 1 saturated carbocycles. The van der Waals surface area contributed by atoms with Crippen molar-refractivity contribution < 1.29 is 19.0 Å². The summed E-state index contributed by atoms with van der Waals surface area (Å²) in [6, 6.07) is 6.65. The van der Waals surface area contributed by atoms with Gasteiger partial charge in [-0.1, -0.05) is 25.0 Å². The average molecular weight is 456 g/mol. The highest BCUT2D eigenvalue weighted by Crippen LogP contribution is 2.38. The van der Waals surface area contributed by atoms with Gasteiger partial charge in [0.05, 0.1) is 32.5 Å². The zero-order chi connectivity index (χ0) is 22.5. The van der Waals surface area contributed by atoms with Crippen LogP contribution in [0.3, 0.4) is 0 Å². The fourth-order valence-electron chi connectivity index (χ4n) is 6.50. The molecule has 1 aliphatic carbocycles. The number of nitrogens with zero attached hydrogens (tertiary/aromatic N) is 1. The zero-order valence-corrected chi connectivity index (χ0v) is 20.1. The fraction of sp³-hybridized carbons (Fsp3) is 0.750. The van der Waals surface area contributed by atoms with Gasteiger partial charge in [0.1, 0.15) is 11.5 Å². The second-order valence-corrected chi connectivity index (χ2v) is 10.7. The fourth-order valence-corrected chi connectivity index (χ4v) is 6.50. The molecule has 1 aromatic carbocycles. The molecule has 3 aliphatic heterocycles. The van der Waals surface area contributed by atoms with Crippen LogP contribution in [-0.4, -0.2) is 62.8 Å². The third-order valence-electron chi connectivity index (χ3n) is 8.48. The van der Waals surface area contributed by atoms with Crippen molar-refractivity contribution in [2.24, 2.45) is 11.8 Å². The number of fused-ring (bicyclic) bond motifs is 1. The van der Waals surface area contributed by atoms with Crippen LogP contribution in [0.25, 0.3) is 0 Å². The Morgan fingerprint density at radius 2 is 1.76 bits per heavy atom. The first-order chi connectivity index (χ1) is 16.2. The Balaban J connectivity index is 0.980. The number of carbonyl (C=O) groups excluding carboxylic acids is 1. The number of hydrogen-bond acceptors (Lipinski definition) is 5. The van der Waals surface area contributed by atoms with Gasteiger partial charge in [0.25, 0.3) is 0 Å². The van der Waals surface area contributed by atoms with Gasteiger partial charge in [-0.3, -0.25) is 4.79 Å². The molecule has 5 rings (SSSR count). The maximum absolute atomic E-state index is 12.4. The van der Waals surface area contributed by atoms with Crippen molar-refractivity contribution in [3.05, 3.63) is 29.3 Å². The first-order valence-electron chi connectivity index (χ1n) is 13.4. The van der Waals surface area contributed by atoms with Gasteiger partial charge in [0.2, 0.25) is 0 Å². The quantitative estimate of drug-likeness (QED) is 0.566. The molecule has 3 fully saturated rings. The number of piperidine rings is 1. The summed E-state index contributed by atoms with van der Waals surface area (Å²) in [5.74, 6) is 3.64. The summed E-state index contributed by atoms with van der Waals surface area (Å²) >= 11 is 0. The topological polar surface area (TPSA) is 48.0 Å². The van der Waals surface area contributed by atoms with E-state index in [2.05, 4.69) is 23.1 Å². The lowest BCUT2D eigenvalue weighted by Crippen LogP contribution is -2.35. The predicted octanol–water partition coefficient (Wildman–Crippen LogP) is 4.76. The summed E-state index contributed by atoms with van der Waals surface area (Å²) in [6.07, 6.45) is 11.3. The molecule has 0 N–H and O–H groups in total. The van der Waals surface area contributed by atoms with Crippen LogP contribution < -0.4 is 4.74 Å². The molecule has 0 bridgehead atoms. The molecule has 1 unspecified atom stereocenters. The minimum Gasteiger partial charge on any atom is -0.493 e. The molecule has 5 heteroatoms. The molecule has 0 aromatic heterocycles. The number of Topliss-reactive ketones (excluding diaryl/α,β-unsaturated/α-hetero) is 1. The highest BCUT2D eigenvalue weighted by Gasteiger charge is 2.28. The second kappa shape index (κ2) is 11.3. The first kappa shape index (κ1) is 23.3. The Bertz CT molecular complexity index is 774. The Morgan fingerprint density at radius 1 is 0.939 bits per heavy atom. The van der Waals surface area contributed by atoms with Gasteiger partial charge in [-0.25, -0.2) is 0 Å². The molecule has 0 amide bonds. The number of rotatable bonds is 8. The largest absolute Gasteiger partial charge is 0.493 e. The highest BCUT2D eigenvalue weighted by molar-refractivity contribution is 5.79. The Labute approximate surface area is 199 Å². The molecule has 0 radical (unpaired) electrons. The summed E-state index contributed by atoms with van der Waals surface area (Å²) in [6.45, 7) is 6.43. The molecule has 0 spiro atoms. The molecule has 4 aliphatic rings. The summed E-state index contributed by atoms with van der Waals surface area (Å²) in [5, 5.41) is 0. The monoisotopic (exact) mass is 455 g/mol. The SMILES string of the molecule is O=C(CC1CCC(CCN2CCC(c3cccc4c3CCO4)CC2)CC1)CC1COCCO1. The van der Waals surface area contributed by atoms with Crippen LogP contribution in [0.15, 0.2) is 18.2 Å². The van der Waals surface area contributed by atoms with E-state index in [-0.39, 0.29) is 6.10 Å². The van der Waals surface area contributed by atoms with Crippen molar-refractivity contribution in [1.82, 2.24) is 4.90 Å². The maximum atomic E-state index is 12.4. The average Bonchev–Trinajstić information content (AvgIpc) is 3.34. The van der Waals surface area contributed by atoms with E-state index in [4.69, 9.17) is 14.2 Å². The van der Waals surface area contributed by atoms with Crippen LogP contribution in [0.2, 0.25) is 0 Å². The zero-order valence-electron chi connectivity index (χ0n) is 20.1. The van der Waals surface area contributed by atoms with Crippen molar-refractivity contribution in [3.63, 3.8) is 0 Å². The number of ether oxygens (including phenoxy) is 3. The van der Waals surface area contributed by atoms with Crippen molar-refractivity contribution in [2.45, 2.75) is 76.2 Å². The van der Waals surface area contributed by atoms with Gasteiger partial charge in [-0.15, -0.1) is 0 Å². The normalized spacial score (nSPS) is 28.9. The first-order valence-corrected chi connectivity index (χ1v) is 13.4. The summed E-state index contributed by atoms with van der Waals surface area (Å²) in [5.41, 5.74) is 3.03. The van der Waals surface area contributed by atoms with Gasteiger partial charge in [-0.05, 0) is 81.1 Å². The third kappa shape index (κ3) is 6.17. The van der Waals surface area contributed by atoms with E-state index in [0.717, 1.165) is 31.1 Å². The van der Waals surface area contributed by atoms with Crippen LogP contribution in [-0.2, 0) is 20.7 Å². The predicted molar refractivity (Wildman–Crippen MR) is 129 cm³/mol. The Morgan fingerprint density at radius 3 is 2.55 bits per heavy atom. The minimum atomic E-state index is -0.0112. The van der Waals surface area contributed by atoms with Gasteiger partial charge >= 0.3 is 0 Å². The Hall–Kier alpha value is -1.43. The number of carbonyl (C=O) groups is 1. The van der Waals surface area contributed by atoms with Gasteiger partial charge in [-0.2, -0.15) is 0 Å². The second-order valence-electron chi connectivity index (χ2n) is 10.7. The van der Waals surface area contributed by atoms with E-state index in [9.17, 15) is 4.79 Å². The molecule has 182 valence electrons. The maximum Gasteiger partial charge on any atom is 0.135 e. The smallest absolute Gasteiger partial charge is 0.135 e. The highest BCUT2D eigenvalue weighted by atomic mass is 16.6. The van der Waals surface area contributed by atoms with Gasteiger partial charge in [0, 0.05) is 24.8 Å². The lowest BCUT2D eigenvalue weighted by Gasteiger charge is -2.35. The van der Waals surface area contributed by atoms with E-state index in [1.807, 2.05) is 0 Å². The van der Waals surface area contributed by atoms with E-state index in [1.165, 1.54) is 70.1 Å². The van der Waals surface area contributed by atoms with Crippen LogP contribution in [0.5, 0.6) is 5.75 Å². The number of hydrogen-bond donors (Lipinski definition) is 0. The van der Waals surface area contributed by atoms with Gasteiger partial charge in [0.15, 0.2) is 0 Å². The van der Waals surface area contributed by atoms with Crippen LogP contribution >= 0.6 is 0 Å². The van der Waals surface area contributed by atoms with Crippen molar-refractivity contribution in [2.75, 3.05) is 46.1 Å². The van der Waals surface area contributed by atoms with E-state index in [1.54, 1.807) is 5.56 Å². The van der Waals surface area contributed by atoms with Crippen molar-refractivity contribution in [3.8, 4) is 5.75 Å². The standard InChI is InChI=1S/C28H41NO4/c30-24(19-25-20-31-16-17-32-25)18-22-6-4-21(5-7-22)8-12-29-13-9-23(10-14-29)26-2-1-3-28-27(26)11-15-33-28/h1-3,21-23,25H,4-20H2. The van der Waals surface area contributed by atoms with E-state index in [0.29, 0.717) is 43.9 Å². The Kier molecular flexibility index (Phi) is 8.01. The third-order valence-corrected chi connectivity index (χ3v) is 8.48. The van der Waals surface area contributed by atoms with Gasteiger partial charge < -0.3 is 19.1 Å². The molecule has 3 heterocycles. The van der Waals surface area contributed by atoms with Crippen molar-refractivity contribution in [1.29, 1.82) is 0 Å². The number of benzene rings is 1. The lowest BCUT2D eigenvalue weighted by atomic mass is 9.78. The molecular weight excluding hydrogens is 414 g/mol. The van der Waals surface area contributed by atoms with Crippen LogP contribution in [0.4, 0.5) is 0 Å². The van der Waals surface area contributed by atoms with E-state index >= 15 is 0 Å². The minimum absolute atomic E-state index is 0.0112. The summed E-state index contributed by atoms with van der Waals surface area (Å²) < 4.78 is 16.8. The molecule has 1 atom stereocenters. The van der Waals surface area contributed by atoms with Crippen LogP contribution in [0, 0.1) is 11.8 Å². The van der Waals surface area contributed by atoms with Crippen molar-refractivity contribution >= 4 is 5.78 Å². The number of likely N-dealkylation sites (tertiary alicyclic amines) is 1. The van der Waals surface area contributed by atoms with E-state index < -0.39 is 0 Å². The molecule has 2 saturated heterocycles. The molecular formula is C28H41NO4. The summed E-state index contributed by atoms with van der Waals surface area (Å²) in [4.78, 5) is 15.1. The van der Waals surface area contributed by atoms with Crippen LogP contribution in [0.1, 0.15) is 74.8 Å². The molecule has 33 heavy (non-hydrogen) atoms. The molecule has 1 aromatic rings. The number of ketones is 1. The summed E-state index contributed by atoms with van der Waals surface area (Å²) in [7, 11) is 0. The molecule has 5 nitrogen and oxygen atoms in total. The lowest BCUT2D eigenvalue weighted by molar-refractivity contribution is -0.130.